The van der Waals surface area contributed by atoms with E-state index in [9.17, 15) is 0 Å². The lowest BCUT2D eigenvalue weighted by Gasteiger charge is -2.49. The van der Waals surface area contributed by atoms with Gasteiger partial charge in [-0.1, -0.05) is 147 Å². The third-order valence-corrected chi connectivity index (χ3v) is 7.93. The molecule has 0 unspecified atom stereocenters. The van der Waals surface area contributed by atoms with Crippen molar-refractivity contribution in [2.75, 3.05) is 0 Å². The van der Waals surface area contributed by atoms with Gasteiger partial charge in [0.2, 0.25) is 0 Å². The Morgan fingerprint density at radius 2 is 0.853 bits per heavy atom. The maximum Gasteiger partial charge on any atom is 0.0244 e. The Kier molecular flexibility index (Phi) is 16.9. The summed E-state index contributed by atoms with van der Waals surface area (Å²) in [5.74, 6) is 0. The van der Waals surface area contributed by atoms with E-state index in [0.29, 0.717) is 0 Å². The van der Waals surface area contributed by atoms with Crippen LogP contribution < -0.4 is 0 Å². The molecule has 1 aromatic rings. The van der Waals surface area contributed by atoms with Crippen LogP contribution in [0, 0.1) is 0 Å². The molecule has 1 nitrogen and oxygen atoms in total. The highest BCUT2D eigenvalue weighted by atomic mass is 15.2. The molecule has 0 aliphatic heterocycles. The molecular formula is C33H61N. The van der Waals surface area contributed by atoms with Crippen LogP contribution in [0.2, 0.25) is 0 Å². The SMILES string of the molecule is CCCCCCCCCCC(C)(C)N(Cc1ccccc1)C(C)(C)CCCCCCCCCC. The lowest BCUT2D eigenvalue weighted by molar-refractivity contribution is -0.00509. The predicted molar refractivity (Wildman–Crippen MR) is 155 cm³/mol. The topological polar surface area (TPSA) is 3.24 Å². The van der Waals surface area contributed by atoms with Crippen LogP contribution in [-0.2, 0) is 6.54 Å². The van der Waals surface area contributed by atoms with Gasteiger partial charge in [-0.25, -0.2) is 0 Å². The zero-order valence-electron chi connectivity index (χ0n) is 24.3. The molecule has 0 bridgehead atoms. The second-order valence-electron chi connectivity index (χ2n) is 12.1. The second kappa shape index (κ2) is 18.4. The lowest BCUT2D eigenvalue weighted by atomic mass is 9.85. The highest BCUT2D eigenvalue weighted by Gasteiger charge is 2.36. The van der Waals surface area contributed by atoms with E-state index in [1.807, 2.05) is 0 Å². The largest absolute Gasteiger partial charge is 0.289 e. The van der Waals surface area contributed by atoms with Gasteiger partial charge in [-0.3, -0.25) is 4.90 Å². The number of hydrogen-bond acceptors (Lipinski definition) is 1. The monoisotopic (exact) mass is 471 g/mol. The summed E-state index contributed by atoms with van der Waals surface area (Å²) in [7, 11) is 0. The minimum atomic E-state index is 0.224. The predicted octanol–water partition coefficient (Wildman–Crippen LogP) is 11.1. The van der Waals surface area contributed by atoms with E-state index < -0.39 is 0 Å². The summed E-state index contributed by atoms with van der Waals surface area (Å²) in [6.45, 7) is 15.7. The van der Waals surface area contributed by atoms with E-state index >= 15 is 0 Å². The Morgan fingerprint density at radius 3 is 1.24 bits per heavy atom. The van der Waals surface area contributed by atoms with Crippen LogP contribution in [0.3, 0.4) is 0 Å². The molecule has 0 N–H and O–H groups in total. The molecule has 1 heteroatoms. The van der Waals surface area contributed by atoms with Gasteiger partial charge in [-0.15, -0.1) is 0 Å². The Labute approximate surface area is 215 Å². The van der Waals surface area contributed by atoms with Gasteiger partial charge in [-0.2, -0.15) is 0 Å². The number of rotatable bonds is 22. The first kappa shape index (κ1) is 31.2. The fourth-order valence-corrected chi connectivity index (χ4v) is 5.67. The van der Waals surface area contributed by atoms with E-state index in [0.717, 1.165) is 6.54 Å². The third-order valence-electron chi connectivity index (χ3n) is 7.93. The summed E-state index contributed by atoms with van der Waals surface area (Å²) >= 11 is 0. The van der Waals surface area contributed by atoms with Crippen LogP contribution in [-0.4, -0.2) is 16.0 Å². The van der Waals surface area contributed by atoms with Crippen molar-refractivity contribution in [3.8, 4) is 0 Å². The molecule has 0 aliphatic carbocycles. The van der Waals surface area contributed by atoms with Crippen molar-refractivity contribution < 1.29 is 0 Å². The Balaban J connectivity index is 2.59. The van der Waals surface area contributed by atoms with Crippen molar-refractivity contribution >= 4 is 0 Å². The van der Waals surface area contributed by atoms with Crippen molar-refractivity contribution in [2.24, 2.45) is 0 Å². The van der Waals surface area contributed by atoms with Crippen LogP contribution in [0.5, 0.6) is 0 Å². The lowest BCUT2D eigenvalue weighted by Crippen LogP contribution is -2.55. The van der Waals surface area contributed by atoms with Gasteiger partial charge in [0, 0.05) is 17.6 Å². The zero-order valence-corrected chi connectivity index (χ0v) is 24.3. The van der Waals surface area contributed by atoms with Crippen LogP contribution in [0.15, 0.2) is 30.3 Å². The molecule has 198 valence electrons. The molecule has 0 aliphatic rings. The van der Waals surface area contributed by atoms with Crippen LogP contribution >= 0.6 is 0 Å². The highest BCUT2D eigenvalue weighted by Crippen LogP contribution is 2.35. The van der Waals surface area contributed by atoms with Gasteiger partial charge in [0.1, 0.15) is 0 Å². The average molecular weight is 472 g/mol. The van der Waals surface area contributed by atoms with Crippen molar-refractivity contribution in [1.82, 2.24) is 4.90 Å². The molecule has 0 radical (unpaired) electrons. The Morgan fingerprint density at radius 1 is 0.500 bits per heavy atom. The molecule has 1 rings (SSSR count). The van der Waals surface area contributed by atoms with Gasteiger partial charge in [0.25, 0.3) is 0 Å². The molecular weight excluding hydrogens is 410 g/mol. The van der Waals surface area contributed by atoms with Crippen LogP contribution in [0.4, 0.5) is 0 Å². The smallest absolute Gasteiger partial charge is 0.0244 e. The number of unbranched alkanes of at least 4 members (excludes halogenated alkanes) is 14. The third kappa shape index (κ3) is 13.9. The first-order chi connectivity index (χ1) is 16.3. The second-order valence-corrected chi connectivity index (χ2v) is 12.1. The molecule has 0 saturated carbocycles. The first-order valence-electron chi connectivity index (χ1n) is 15.1. The van der Waals surface area contributed by atoms with Gasteiger partial charge < -0.3 is 0 Å². The van der Waals surface area contributed by atoms with Crippen molar-refractivity contribution in [2.45, 2.75) is 175 Å². The summed E-state index contributed by atoms with van der Waals surface area (Å²) < 4.78 is 0. The van der Waals surface area contributed by atoms with E-state index in [4.69, 9.17) is 0 Å². The first-order valence-corrected chi connectivity index (χ1v) is 15.1. The van der Waals surface area contributed by atoms with E-state index in [-0.39, 0.29) is 11.1 Å². The molecule has 0 fully saturated rings. The maximum atomic E-state index is 2.85. The van der Waals surface area contributed by atoms with Crippen molar-refractivity contribution in [3.05, 3.63) is 35.9 Å². The van der Waals surface area contributed by atoms with Crippen molar-refractivity contribution in [3.63, 3.8) is 0 Å². The fraction of sp³-hybridized carbons (Fsp3) is 0.818. The van der Waals surface area contributed by atoms with Crippen LogP contribution in [0.25, 0.3) is 0 Å². The van der Waals surface area contributed by atoms with Gasteiger partial charge in [0.05, 0.1) is 0 Å². The highest BCUT2D eigenvalue weighted by molar-refractivity contribution is 5.15. The molecule has 0 saturated heterocycles. The van der Waals surface area contributed by atoms with Gasteiger partial charge in [-0.05, 0) is 46.1 Å². The summed E-state index contributed by atoms with van der Waals surface area (Å²) in [6, 6.07) is 11.2. The molecule has 1 aromatic carbocycles. The normalized spacial score (nSPS) is 12.6. The maximum absolute atomic E-state index is 2.85. The minimum Gasteiger partial charge on any atom is -0.289 e. The Bertz CT molecular complexity index is 541. The minimum absolute atomic E-state index is 0.224. The summed E-state index contributed by atoms with van der Waals surface area (Å²) in [4.78, 5) is 2.85. The number of hydrogen-bond donors (Lipinski definition) is 0. The van der Waals surface area contributed by atoms with Gasteiger partial charge >= 0.3 is 0 Å². The number of nitrogens with zero attached hydrogens (tertiary/aromatic N) is 1. The quantitative estimate of drug-likeness (QED) is 0.152. The summed E-state index contributed by atoms with van der Waals surface area (Å²) in [5, 5.41) is 0. The molecule has 0 amide bonds. The molecule has 0 aromatic heterocycles. The summed E-state index contributed by atoms with van der Waals surface area (Å²) in [5.41, 5.74) is 1.90. The molecule has 0 heterocycles. The summed E-state index contributed by atoms with van der Waals surface area (Å²) in [6.07, 6.45) is 25.1. The molecule has 34 heavy (non-hydrogen) atoms. The molecule has 0 spiro atoms. The average Bonchev–Trinajstić information content (AvgIpc) is 2.81. The van der Waals surface area contributed by atoms with E-state index in [1.165, 1.54) is 121 Å². The van der Waals surface area contributed by atoms with Crippen LogP contribution in [0.1, 0.15) is 163 Å². The molecule has 0 atom stereocenters. The Hall–Kier alpha value is -0.820. The van der Waals surface area contributed by atoms with Gasteiger partial charge in [0.15, 0.2) is 0 Å². The van der Waals surface area contributed by atoms with E-state index in [2.05, 4.69) is 76.8 Å². The van der Waals surface area contributed by atoms with E-state index in [1.54, 1.807) is 0 Å². The fourth-order valence-electron chi connectivity index (χ4n) is 5.67. The zero-order chi connectivity index (χ0) is 25.1. The van der Waals surface area contributed by atoms with Crippen molar-refractivity contribution in [1.29, 1.82) is 0 Å². The number of benzene rings is 1. The standard InChI is InChI=1S/C33H61N/c1-7-9-11-13-15-17-19-24-28-32(3,4)34(30-31-26-22-21-23-27-31)33(5,6)29-25-20-18-16-14-12-10-8-2/h21-23,26-27H,7-20,24-25,28-30H2,1-6H3.